The lowest BCUT2D eigenvalue weighted by Gasteiger charge is -2.10. The van der Waals surface area contributed by atoms with Gasteiger partial charge >= 0.3 is 15.6 Å². The van der Waals surface area contributed by atoms with E-state index in [4.69, 9.17) is 0 Å². The monoisotopic (exact) mass is 298 g/mol. The van der Waals surface area contributed by atoms with Crippen molar-refractivity contribution in [1.29, 1.82) is 0 Å². The number of fused-ring (bicyclic) bond motifs is 1. The molecule has 0 spiro atoms. The van der Waals surface area contributed by atoms with Crippen molar-refractivity contribution in [1.82, 2.24) is 9.78 Å². The van der Waals surface area contributed by atoms with Crippen LogP contribution in [0.25, 0.3) is 0 Å². The van der Waals surface area contributed by atoms with E-state index in [2.05, 4.69) is 9.28 Å². The van der Waals surface area contributed by atoms with Crippen LogP contribution in [0, 0.1) is 0 Å². The molecule has 1 aromatic heterocycles. The highest BCUT2D eigenvalue weighted by Crippen LogP contribution is 2.32. The van der Waals surface area contributed by atoms with Gasteiger partial charge in [-0.1, -0.05) is 6.42 Å². The Balaban J connectivity index is 2.39. The molecule has 1 heterocycles. The summed E-state index contributed by atoms with van der Waals surface area (Å²) >= 11 is 0. The molecule has 0 amide bonds. The maximum atomic E-state index is 12.3. The summed E-state index contributed by atoms with van der Waals surface area (Å²) in [6, 6.07) is 0. The molecule has 0 bridgehead atoms. The van der Waals surface area contributed by atoms with Crippen molar-refractivity contribution in [2.24, 2.45) is 7.05 Å². The summed E-state index contributed by atoms with van der Waals surface area (Å²) in [6.07, 6.45) is 3.70. The molecule has 0 radical (unpaired) electrons. The Bertz CT molecular complexity index is 578. The zero-order chi connectivity index (χ0) is 14.3. The lowest BCUT2D eigenvalue weighted by molar-refractivity contribution is -0.0502. The van der Waals surface area contributed by atoms with Gasteiger partial charge in [-0.15, -0.1) is 0 Å². The molecule has 0 saturated carbocycles. The van der Waals surface area contributed by atoms with E-state index in [9.17, 15) is 21.6 Å². The minimum absolute atomic E-state index is 0.325. The third-order valence-electron chi connectivity index (χ3n) is 2.98. The standard InChI is InChI=1S/C10H13F3N2O3S/c1-15-9(18-19(16,17)10(11,12)13)7-5-3-2-4-6-8(7)14-15/h2-6H2,1H3. The van der Waals surface area contributed by atoms with Gasteiger partial charge in [0.15, 0.2) is 0 Å². The highest BCUT2D eigenvalue weighted by molar-refractivity contribution is 7.87. The maximum Gasteiger partial charge on any atom is 0.534 e. The van der Waals surface area contributed by atoms with Gasteiger partial charge in [0.2, 0.25) is 5.88 Å². The Morgan fingerprint density at radius 2 is 1.84 bits per heavy atom. The van der Waals surface area contributed by atoms with E-state index in [-0.39, 0.29) is 5.88 Å². The summed E-state index contributed by atoms with van der Waals surface area (Å²) in [5, 5.41) is 4.04. The molecule has 0 unspecified atom stereocenters. The Hall–Kier alpha value is -1.25. The average molecular weight is 298 g/mol. The first-order valence-corrected chi connectivity index (χ1v) is 7.18. The molecule has 1 aliphatic rings. The number of nitrogens with zero attached hydrogens (tertiary/aromatic N) is 2. The molecule has 0 aliphatic heterocycles. The molecule has 108 valence electrons. The Labute approximate surface area is 108 Å². The first-order chi connectivity index (χ1) is 8.72. The van der Waals surface area contributed by atoms with Crippen LogP contribution in [-0.2, 0) is 30.0 Å². The fraction of sp³-hybridized carbons (Fsp3) is 0.700. The van der Waals surface area contributed by atoms with Gasteiger partial charge in [-0.2, -0.15) is 26.7 Å². The molecule has 1 aliphatic carbocycles. The summed E-state index contributed by atoms with van der Waals surface area (Å²) < 4.78 is 64.4. The van der Waals surface area contributed by atoms with Crippen LogP contribution in [-0.4, -0.2) is 23.7 Å². The molecule has 0 fully saturated rings. The Morgan fingerprint density at radius 3 is 2.47 bits per heavy atom. The lowest BCUT2D eigenvalue weighted by atomic mass is 10.1. The van der Waals surface area contributed by atoms with Gasteiger partial charge in [-0.3, -0.25) is 0 Å². The number of halogens is 3. The fourth-order valence-electron chi connectivity index (χ4n) is 2.08. The van der Waals surface area contributed by atoms with Crippen molar-refractivity contribution in [3.63, 3.8) is 0 Å². The number of hydrogen-bond donors (Lipinski definition) is 0. The van der Waals surface area contributed by atoms with Crippen molar-refractivity contribution >= 4 is 10.1 Å². The van der Waals surface area contributed by atoms with Crippen LogP contribution in [0.2, 0.25) is 0 Å². The first kappa shape index (κ1) is 14.2. The summed E-state index contributed by atoms with van der Waals surface area (Å²) in [5.74, 6) is -0.325. The van der Waals surface area contributed by atoms with Crippen LogP contribution in [0.3, 0.4) is 0 Å². The largest absolute Gasteiger partial charge is 0.534 e. The average Bonchev–Trinajstić information content (AvgIpc) is 2.48. The summed E-state index contributed by atoms with van der Waals surface area (Å²) in [5.41, 5.74) is -4.35. The second kappa shape index (κ2) is 4.69. The summed E-state index contributed by atoms with van der Waals surface area (Å²) in [6.45, 7) is 0. The normalized spacial score (nSPS) is 16.8. The minimum Gasteiger partial charge on any atom is -0.355 e. The summed E-state index contributed by atoms with van der Waals surface area (Å²) in [4.78, 5) is 0. The third-order valence-corrected chi connectivity index (χ3v) is 3.93. The van der Waals surface area contributed by atoms with Crippen LogP contribution in [0.4, 0.5) is 13.2 Å². The van der Waals surface area contributed by atoms with Crippen LogP contribution < -0.4 is 4.18 Å². The van der Waals surface area contributed by atoms with Crippen LogP contribution >= 0.6 is 0 Å². The van der Waals surface area contributed by atoms with E-state index in [1.165, 1.54) is 7.05 Å². The van der Waals surface area contributed by atoms with Gasteiger partial charge in [0.1, 0.15) is 0 Å². The second-order valence-corrected chi connectivity index (χ2v) is 5.94. The molecule has 0 saturated heterocycles. The number of aromatic nitrogens is 2. The fourth-order valence-corrected chi connectivity index (χ4v) is 2.59. The molecule has 5 nitrogen and oxygen atoms in total. The second-order valence-electron chi connectivity index (χ2n) is 4.40. The maximum absolute atomic E-state index is 12.3. The topological polar surface area (TPSA) is 61.2 Å². The molecular formula is C10H13F3N2O3S. The molecule has 2 rings (SSSR count). The van der Waals surface area contributed by atoms with Crippen LogP contribution in [0.5, 0.6) is 5.88 Å². The SMILES string of the molecule is Cn1nc2c(c1OS(=O)(=O)C(F)(F)F)CCCCC2. The van der Waals surface area contributed by atoms with Crippen molar-refractivity contribution in [2.75, 3.05) is 0 Å². The number of rotatable bonds is 2. The van der Waals surface area contributed by atoms with E-state index in [0.29, 0.717) is 24.1 Å². The van der Waals surface area contributed by atoms with Crippen LogP contribution in [0.1, 0.15) is 30.5 Å². The Kier molecular flexibility index (Phi) is 3.50. The molecule has 0 N–H and O–H groups in total. The van der Waals surface area contributed by atoms with Gasteiger partial charge in [0, 0.05) is 12.6 Å². The van der Waals surface area contributed by atoms with Gasteiger partial charge in [-0.25, -0.2) is 4.68 Å². The van der Waals surface area contributed by atoms with Crippen molar-refractivity contribution in [3.8, 4) is 5.88 Å². The van der Waals surface area contributed by atoms with E-state index >= 15 is 0 Å². The van der Waals surface area contributed by atoms with Crippen molar-refractivity contribution in [3.05, 3.63) is 11.3 Å². The molecule has 0 atom stereocenters. The van der Waals surface area contributed by atoms with E-state index in [1.54, 1.807) is 0 Å². The van der Waals surface area contributed by atoms with Crippen molar-refractivity contribution in [2.45, 2.75) is 37.6 Å². The zero-order valence-electron chi connectivity index (χ0n) is 10.2. The quantitative estimate of drug-likeness (QED) is 0.475. The van der Waals surface area contributed by atoms with Gasteiger partial charge < -0.3 is 4.18 Å². The molecule has 1 aromatic rings. The van der Waals surface area contributed by atoms with Gasteiger partial charge in [-0.05, 0) is 25.7 Å². The predicted octanol–water partition coefficient (Wildman–Crippen LogP) is 1.92. The van der Waals surface area contributed by atoms with Gasteiger partial charge in [0.25, 0.3) is 0 Å². The first-order valence-electron chi connectivity index (χ1n) is 5.78. The van der Waals surface area contributed by atoms with E-state index in [1.807, 2.05) is 0 Å². The number of alkyl halides is 3. The predicted molar refractivity (Wildman–Crippen MR) is 60.1 cm³/mol. The number of aryl methyl sites for hydroxylation is 2. The molecule has 9 heteroatoms. The highest BCUT2D eigenvalue weighted by atomic mass is 32.2. The molecule has 0 aromatic carbocycles. The molecular weight excluding hydrogens is 285 g/mol. The van der Waals surface area contributed by atoms with Crippen molar-refractivity contribution < 1.29 is 25.8 Å². The number of hydrogen-bond acceptors (Lipinski definition) is 4. The Morgan fingerprint density at radius 1 is 1.21 bits per heavy atom. The van der Waals surface area contributed by atoms with Crippen LogP contribution in [0.15, 0.2) is 0 Å². The minimum atomic E-state index is -5.65. The van der Waals surface area contributed by atoms with E-state index < -0.39 is 15.6 Å². The lowest BCUT2D eigenvalue weighted by Crippen LogP contribution is -2.29. The highest BCUT2D eigenvalue weighted by Gasteiger charge is 2.49. The zero-order valence-corrected chi connectivity index (χ0v) is 11.0. The van der Waals surface area contributed by atoms with Gasteiger partial charge in [0.05, 0.1) is 5.69 Å². The summed E-state index contributed by atoms with van der Waals surface area (Å²) in [7, 11) is -4.28. The molecule has 19 heavy (non-hydrogen) atoms. The van der Waals surface area contributed by atoms with E-state index in [0.717, 1.165) is 23.9 Å². The third kappa shape index (κ3) is 2.70. The smallest absolute Gasteiger partial charge is 0.355 e.